The summed E-state index contributed by atoms with van der Waals surface area (Å²) in [6.45, 7) is 5.03. The van der Waals surface area contributed by atoms with E-state index in [1.807, 2.05) is 16.7 Å². The van der Waals surface area contributed by atoms with E-state index in [2.05, 4.69) is 24.9 Å². The second-order valence-corrected chi connectivity index (χ2v) is 5.93. The third-order valence-corrected chi connectivity index (χ3v) is 4.34. The SMILES string of the molecule is CCC(C)Cn1c(SCC(=O)O)nc2c(C#N)cccc21. The lowest BCUT2D eigenvalue weighted by Crippen LogP contribution is -2.09. The van der Waals surface area contributed by atoms with Gasteiger partial charge in [0.15, 0.2) is 5.16 Å². The molecule has 0 aliphatic heterocycles. The van der Waals surface area contributed by atoms with Crippen LogP contribution >= 0.6 is 11.8 Å². The highest BCUT2D eigenvalue weighted by Gasteiger charge is 2.16. The van der Waals surface area contributed by atoms with Crippen molar-refractivity contribution in [3.8, 4) is 6.07 Å². The zero-order chi connectivity index (χ0) is 15.4. The van der Waals surface area contributed by atoms with Crippen molar-refractivity contribution in [1.82, 2.24) is 9.55 Å². The molecule has 0 radical (unpaired) electrons. The Bertz CT molecular complexity index is 703. The molecule has 6 heteroatoms. The van der Waals surface area contributed by atoms with E-state index in [1.54, 1.807) is 6.07 Å². The standard InChI is InChI=1S/C15H17N3O2S/c1-3-10(2)8-18-12-6-4-5-11(7-16)14(12)17-15(18)21-9-13(19)20/h4-6,10H,3,8-9H2,1-2H3,(H,19,20). The Labute approximate surface area is 127 Å². The number of benzene rings is 1. The van der Waals surface area contributed by atoms with Crippen LogP contribution in [-0.2, 0) is 11.3 Å². The van der Waals surface area contributed by atoms with Crippen LogP contribution in [0.5, 0.6) is 0 Å². The van der Waals surface area contributed by atoms with E-state index in [0.29, 0.717) is 22.2 Å². The third-order valence-electron chi connectivity index (χ3n) is 3.38. The number of rotatable bonds is 6. The molecule has 0 saturated carbocycles. The second-order valence-electron chi connectivity index (χ2n) is 4.99. The van der Waals surface area contributed by atoms with Crippen molar-refractivity contribution in [2.75, 3.05) is 5.75 Å². The number of hydrogen-bond acceptors (Lipinski definition) is 4. The first kappa shape index (κ1) is 15.4. The number of para-hydroxylation sites is 1. The van der Waals surface area contributed by atoms with Crippen molar-refractivity contribution >= 4 is 28.8 Å². The van der Waals surface area contributed by atoms with Gasteiger partial charge in [-0.25, -0.2) is 4.98 Å². The van der Waals surface area contributed by atoms with Crippen LogP contribution in [0.2, 0.25) is 0 Å². The van der Waals surface area contributed by atoms with Crippen molar-refractivity contribution in [2.24, 2.45) is 5.92 Å². The van der Waals surface area contributed by atoms with Gasteiger partial charge in [-0.3, -0.25) is 4.79 Å². The van der Waals surface area contributed by atoms with Gasteiger partial charge in [-0.2, -0.15) is 5.26 Å². The van der Waals surface area contributed by atoms with Gasteiger partial charge < -0.3 is 9.67 Å². The fourth-order valence-corrected chi connectivity index (χ4v) is 2.81. The number of carboxylic acid groups (broad SMARTS) is 1. The summed E-state index contributed by atoms with van der Waals surface area (Å²) in [5.74, 6) is -0.453. The summed E-state index contributed by atoms with van der Waals surface area (Å²) in [7, 11) is 0. The molecule has 0 fully saturated rings. The van der Waals surface area contributed by atoms with Crippen LogP contribution in [0.4, 0.5) is 0 Å². The first-order valence-electron chi connectivity index (χ1n) is 6.80. The molecule has 1 heterocycles. The lowest BCUT2D eigenvalue weighted by atomic mass is 10.1. The lowest BCUT2D eigenvalue weighted by molar-refractivity contribution is -0.133. The molecular formula is C15H17N3O2S. The molecule has 0 saturated heterocycles. The van der Waals surface area contributed by atoms with E-state index in [1.165, 1.54) is 11.8 Å². The maximum atomic E-state index is 10.8. The molecule has 5 nitrogen and oxygen atoms in total. The van der Waals surface area contributed by atoms with Gasteiger partial charge in [-0.15, -0.1) is 0 Å². The lowest BCUT2D eigenvalue weighted by Gasteiger charge is -2.13. The van der Waals surface area contributed by atoms with Crippen molar-refractivity contribution in [3.63, 3.8) is 0 Å². The highest BCUT2D eigenvalue weighted by atomic mass is 32.2. The molecular weight excluding hydrogens is 286 g/mol. The Hall–Kier alpha value is -2.00. The molecule has 1 unspecified atom stereocenters. The van der Waals surface area contributed by atoms with Crippen LogP contribution in [0.1, 0.15) is 25.8 Å². The van der Waals surface area contributed by atoms with Crippen LogP contribution in [0.15, 0.2) is 23.4 Å². The van der Waals surface area contributed by atoms with Gasteiger partial charge in [0.2, 0.25) is 0 Å². The molecule has 1 aromatic carbocycles. The van der Waals surface area contributed by atoms with E-state index >= 15 is 0 Å². The Balaban J connectivity index is 2.51. The average molecular weight is 303 g/mol. The van der Waals surface area contributed by atoms with Crippen LogP contribution in [0.3, 0.4) is 0 Å². The van der Waals surface area contributed by atoms with Crippen molar-refractivity contribution in [2.45, 2.75) is 32.0 Å². The van der Waals surface area contributed by atoms with E-state index in [4.69, 9.17) is 5.11 Å². The molecule has 2 aromatic rings. The molecule has 1 atom stereocenters. The monoisotopic (exact) mass is 303 g/mol. The van der Waals surface area contributed by atoms with Gasteiger partial charge in [0, 0.05) is 6.54 Å². The molecule has 2 rings (SSSR count). The van der Waals surface area contributed by atoms with Crippen LogP contribution in [0, 0.1) is 17.2 Å². The maximum Gasteiger partial charge on any atom is 0.313 e. The Morgan fingerprint density at radius 3 is 2.95 bits per heavy atom. The molecule has 0 aliphatic rings. The summed E-state index contributed by atoms with van der Waals surface area (Å²) in [6, 6.07) is 7.63. The van der Waals surface area contributed by atoms with Crippen LogP contribution in [-0.4, -0.2) is 26.4 Å². The van der Waals surface area contributed by atoms with Gasteiger partial charge in [0.05, 0.1) is 16.8 Å². The topological polar surface area (TPSA) is 78.9 Å². The van der Waals surface area contributed by atoms with Crippen LogP contribution in [0.25, 0.3) is 11.0 Å². The van der Waals surface area contributed by atoms with Gasteiger partial charge in [-0.1, -0.05) is 38.1 Å². The Morgan fingerprint density at radius 1 is 1.57 bits per heavy atom. The summed E-state index contributed by atoms with van der Waals surface area (Å²) in [5.41, 5.74) is 2.06. The number of thioether (sulfide) groups is 1. The second kappa shape index (κ2) is 6.64. The minimum absolute atomic E-state index is 0.0360. The Morgan fingerprint density at radius 2 is 2.33 bits per heavy atom. The highest BCUT2D eigenvalue weighted by molar-refractivity contribution is 7.99. The molecule has 1 aromatic heterocycles. The van der Waals surface area contributed by atoms with Gasteiger partial charge in [-0.05, 0) is 18.1 Å². The van der Waals surface area contributed by atoms with E-state index in [9.17, 15) is 10.1 Å². The fraction of sp³-hybridized carbons (Fsp3) is 0.400. The highest BCUT2D eigenvalue weighted by Crippen LogP contribution is 2.27. The van der Waals surface area contributed by atoms with Gasteiger partial charge >= 0.3 is 5.97 Å². The molecule has 21 heavy (non-hydrogen) atoms. The summed E-state index contributed by atoms with van der Waals surface area (Å²) >= 11 is 1.20. The molecule has 1 N–H and O–H groups in total. The summed E-state index contributed by atoms with van der Waals surface area (Å²) < 4.78 is 2.03. The predicted molar refractivity (Wildman–Crippen MR) is 82.3 cm³/mol. The summed E-state index contributed by atoms with van der Waals surface area (Å²) in [5, 5.41) is 18.7. The molecule has 0 amide bonds. The van der Waals surface area contributed by atoms with Crippen LogP contribution < -0.4 is 0 Å². The van der Waals surface area contributed by atoms with E-state index in [0.717, 1.165) is 18.5 Å². The normalized spacial score (nSPS) is 12.2. The van der Waals surface area contributed by atoms with E-state index in [-0.39, 0.29) is 5.75 Å². The molecule has 0 bridgehead atoms. The maximum absolute atomic E-state index is 10.8. The van der Waals surface area contributed by atoms with Gasteiger partial charge in [0.25, 0.3) is 0 Å². The number of nitrogens with zero attached hydrogens (tertiary/aromatic N) is 3. The predicted octanol–water partition coefficient (Wildman–Crippen LogP) is 3.13. The quantitative estimate of drug-likeness (QED) is 0.829. The average Bonchev–Trinajstić information content (AvgIpc) is 2.82. The zero-order valence-electron chi connectivity index (χ0n) is 12.0. The first-order valence-corrected chi connectivity index (χ1v) is 7.79. The number of aliphatic carboxylic acids is 1. The number of hydrogen-bond donors (Lipinski definition) is 1. The number of imidazole rings is 1. The number of nitriles is 1. The minimum Gasteiger partial charge on any atom is -0.481 e. The van der Waals surface area contributed by atoms with Gasteiger partial charge in [0.1, 0.15) is 11.6 Å². The summed E-state index contributed by atoms with van der Waals surface area (Å²) in [6.07, 6.45) is 1.03. The number of fused-ring (bicyclic) bond motifs is 1. The van der Waals surface area contributed by atoms with Crippen molar-refractivity contribution < 1.29 is 9.90 Å². The number of carbonyl (C=O) groups is 1. The van der Waals surface area contributed by atoms with E-state index < -0.39 is 5.97 Å². The summed E-state index contributed by atoms with van der Waals surface area (Å²) in [4.78, 5) is 15.3. The third kappa shape index (κ3) is 3.37. The largest absolute Gasteiger partial charge is 0.481 e. The zero-order valence-corrected chi connectivity index (χ0v) is 12.9. The van der Waals surface area contributed by atoms with Crippen molar-refractivity contribution in [1.29, 1.82) is 5.26 Å². The smallest absolute Gasteiger partial charge is 0.313 e. The first-order chi connectivity index (χ1) is 10.1. The van der Waals surface area contributed by atoms with Crippen molar-refractivity contribution in [3.05, 3.63) is 23.8 Å². The number of carboxylic acids is 1. The number of aromatic nitrogens is 2. The Kier molecular flexibility index (Phi) is 4.86. The molecule has 0 aliphatic carbocycles. The fourth-order valence-electron chi connectivity index (χ4n) is 2.07. The molecule has 110 valence electrons. The molecule has 0 spiro atoms. The minimum atomic E-state index is -0.873.